The van der Waals surface area contributed by atoms with Crippen molar-refractivity contribution in [1.29, 1.82) is 0 Å². The van der Waals surface area contributed by atoms with Gasteiger partial charge in [-0.05, 0) is 17.7 Å². The minimum absolute atomic E-state index is 0.172. The van der Waals surface area contributed by atoms with E-state index >= 15 is 0 Å². The fourth-order valence-corrected chi connectivity index (χ4v) is 2.94. The molecule has 0 spiro atoms. The molecule has 2 N–H and O–H groups in total. The number of nitrogens with zero attached hydrogens (tertiary/aromatic N) is 2. The van der Waals surface area contributed by atoms with Crippen molar-refractivity contribution < 1.29 is 19.1 Å². The molecule has 0 saturated heterocycles. The smallest absolute Gasteiger partial charge is 0.325 e. The van der Waals surface area contributed by atoms with Crippen LogP contribution in [0.4, 0.5) is 4.79 Å². The van der Waals surface area contributed by atoms with Crippen molar-refractivity contribution >= 4 is 12.0 Å². The molecule has 0 saturated carbocycles. The predicted molar refractivity (Wildman–Crippen MR) is 89.2 cm³/mol. The fourth-order valence-electron chi connectivity index (χ4n) is 2.94. The summed E-state index contributed by atoms with van der Waals surface area (Å²) >= 11 is 0. The summed E-state index contributed by atoms with van der Waals surface area (Å²) in [5.41, 5.74) is 2.74. The molecule has 1 aliphatic heterocycles. The van der Waals surface area contributed by atoms with Gasteiger partial charge in [0.25, 0.3) is 0 Å². The Balaban J connectivity index is 1.88. The highest BCUT2D eigenvalue weighted by molar-refractivity contribution is 5.81. The van der Waals surface area contributed by atoms with Crippen molar-refractivity contribution in [2.45, 2.75) is 12.5 Å². The topological polar surface area (TPSA) is 96.6 Å². The summed E-state index contributed by atoms with van der Waals surface area (Å²) in [6.45, 7) is 0.341. The van der Waals surface area contributed by atoms with Crippen LogP contribution < -0.4 is 10.1 Å². The van der Waals surface area contributed by atoms with Crippen molar-refractivity contribution in [2.24, 2.45) is 0 Å². The van der Waals surface area contributed by atoms with Crippen LogP contribution in [-0.2, 0) is 16.0 Å². The zero-order valence-electron chi connectivity index (χ0n) is 14.1. The monoisotopic (exact) mass is 344 g/mol. The van der Waals surface area contributed by atoms with E-state index in [1.54, 1.807) is 18.3 Å². The first-order chi connectivity index (χ1) is 12.1. The van der Waals surface area contributed by atoms with Gasteiger partial charge in [-0.25, -0.2) is 9.78 Å². The van der Waals surface area contributed by atoms with E-state index in [0.29, 0.717) is 13.0 Å². The van der Waals surface area contributed by atoms with Gasteiger partial charge in [0, 0.05) is 18.7 Å². The van der Waals surface area contributed by atoms with Crippen LogP contribution in [0.3, 0.4) is 0 Å². The van der Waals surface area contributed by atoms with Crippen LogP contribution in [0.2, 0.25) is 0 Å². The van der Waals surface area contributed by atoms with E-state index < -0.39 is 5.97 Å². The molecule has 3 rings (SSSR count). The summed E-state index contributed by atoms with van der Waals surface area (Å²) in [6.07, 6.45) is 2.31. The number of aromatic amines is 1. The molecule has 1 aromatic heterocycles. The number of fused-ring (bicyclic) bond motifs is 1. The third-order valence-electron chi connectivity index (χ3n) is 4.23. The number of nitrogens with one attached hydrogen (secondary N) is 2. The lowest BCUT2D eigenvalue weighted by atomic mass is 9.96. The van der Waals surface area contributed by atoms with Crippen LogP contribution in [0, 0.1) is 0 Å². The number of imidazole rings is 1. The Labute approximate surface area is 145 Å². The first-order valence-corrected chi connectivity index (χ1v) is 7.91. The van der Waals surface area contributed by atoms with Gasteiger partial charge in [-0.1, -0.05) is 12.1 Å². The lowest BCUT2D eigenvalue weighted by molar-refractivity contribution is -0.139. The SMILES string of the molecule is COC(=O)CNC(=O)N1CCc2[nH]cnc2[C@H]1c1ccc(OC)cc1. The third kappa shape index (κ3) is 3.42. The highest BCUT2D eigenvalue weighted by atomic mass is 16.5. The predicted octanol–water partition coefficient (Wildman–Crippen LogP) is 1.25. The molecule has 2 amide bonds. The van der Waals surface area contributed by atoms with E-state index in [4.69, 9.17) is 4.74 Å². The number of benzene rings is 1. The second-order valence-corrected chi connectivity index (χ2v) is 5.62. The molecule has 0 radical (unpaired) electrons. The molecule has 0 fully saturated rings. The molecule has 8 heteroatoms. The van der Waals surface area contributed by atoms with Gasteiger partial charge in [-0.3, -0.25) is 4.79 Å². The molecule has 2 heterocycles. The van der Waals surface area contributed by atoms with E-state index in [0.717, 1.165) is 22.7 Å². The summed E-state index contributed by atoms with van der Waals surface area (Å²) in [6, 6.07) is 6.85. The number of H-pyrrole nitrogens is 1. The van der Waals surface area contributed by atoms with Crippen LogP contribution in [-0.4, -0.2) is 54.2 Å². The summed E-state index contributed by atoms with van der Waals surface area (Å²) < 4.78 is 9.76. The largest absolute Gasteiger partial charge is 0.497 e. The molecular weight excluding hydrogens is 324 g/mol. The summed E-state index contributed by atoms with van der Waals surface area (Å²) in [4.78, 5) is 33.1. The number of hydrogen-bond donors (Lipinski definition) is 2. The van der Waals surface area contributed by atoms with Crippen LogP contribution in [0.1, 0.15) is 23.0 Å². The molecule has 2 aromatic rings. The number of hydrogen-bond acceptors (Lipinski definition) is 5. The molecule has 1 atom stereocenters. The number of carbonyl (C=O) groups excluding carboxylic acids is 2. The fraction of sp³-hybridized carbons (Fsp3) is 0.353. The second-order valence-electron chi connectivity index (χ2n) is 5.62. The van der Waals surface area contributed by atoms with E-state index in [9.17, 15) is 9.59 Å². The summed E-state index contributed by atoms with van der Waals surface area (Å²) in [5, 5.41) is 2.60. The molecule has 1 aliphatic rings. The normalized spacial score (nSPS) is 16.1. The maximum atomic E-state index is 12.6. The van der Waals surface area contributed by atoms with Crippen LogP contribution in [0.15, 0.2) is 30.6 Å². The molecule has 0 aliphatic carbocycles. The zero-order chi connectivity index (χ0) is 17.8. The lowest BCUT2D eigenvalue weighted by Crippen LogP contribution is -2.47. The number of methoxy groups -OCH3 is 2. The average Bonchev–Trinajstić information content (AvgIpc) is 3.13. The molecule has 0 unspecified atom stereocenters. The van der Waals surface area contributed by atoms with Gasteiger partial charge in [0.05, 0.1) is 26.2 Å². The Morgan fingerprint density at radius 2 is 2.08 bits per heavy atom. The van der Waals surface area contributed by atoms with Crippen molar-refractivity contribution in [2.75, 3.05) is 27.3 Å². The first kappa shape index (κ1) is 16.8. The number of rotatable bonds is 4. The van der Waals surface area contributed by atoms with Gasteiger partial charge in [0.2, 0.25) is 0 Å². The Morgan fingerprint density at radius 1 is 1.32 bits per heavy atom. The van der Waals surface area contributed by atoms with Crippen molar-refractivity contribution in [1.82, 2.24) is 20.2 Å². The Morgan fingerprint density at radius 3 is 2.76 bits per heavy atom. The Hall–Kier alpha value is -3.03. The zero-order valence-corrected chi connectivity index (χ0v) is 14.1. The highest BCUT2D eigenvalue weighted by Gasteiger charge is 2.34. The Bertz CT molecular complexity index is 756. The molecule has 8 nitrogen and oxygen atoms in total. The maximum Gasteiger partial charge on any atom is 0.325 e. The van der Waals surface area contributed by atoms with E-state index in [-0.39, 0.29) is 18.6 Å². The molecule has 0 bridgehead atoms. The highest BCUT2D eigenvalue weighted by Crippen LogP contribution is 2.33. The maximum absolute atomic E-state index is 12.6. The number of amides is 2. The van der Waals surface area contributed by atoms with Gasteiger partial charge in [-0.15, -0.1) is 0 Å². The van der Waals surface area contributed by atoms with Crippen LogP contribution in [0.25, 0.3) is 0 Å². The molecule has 25 heavy (non-hydrogen) atoms. The number of aromatic nitrogens is 2. The van der Waals surface area contributed by atoms with E-state index in [1.165, 1.54) is 7.11 Å². The third-order valence-corrected chi connectivity index (χ3v) is 4.23. The van der Waals surface area contributed by atoms with Gasteiger partial charge in [0.15, 0.2) is 0 Å². The standard InChI is InChI=1S/C17H20N4O4/c1-24-12-5-3-11(4-6-12)16-15-13(19-10-20-15)7-8-21(16)17(23)18-9-14(22)25-2/h3-6,10,16H,7-9H2,1-2H3,(H,18,23)(H,19,20)/t16-/m1/s1. The number of ether oxygens (including phenoxy) is 2. The summed E-state index contributed by atoms with van der Waals surface area (Å²) in [7, 11) is 2.89. The van der Waals surface area contributed by atoms with Gasteiger partial charge in [-0.2, -0.15) is 0 Å². The van der Waals surface area contributed by atoms with E-state index in [1.807, 2.05) is 24.3 Å². The minimum atomic E-state index is -0.494. The first-order valence-electron chi connectivity index (χ1n) is 7.91. The quantitative estimate of drug-likeness (QED) is 0.814. The van der Waals surface area contributed by atoms with Crippen molar-refractivity contribution in [3.8, 4) is 5.75 Å². The molecule has 1 aromatic carbocycles. The number of urea groups is 1. The van der Waals surface area contributed by atoms with Gasteiger partial charge in [0.1, 0.15) is 18.3 Å². The van der Waals surface area contributed by atoms with E-state index in [2.05, 4.69) is 20.0 Å². The summed E-state index contributed by atoms with van der Waals surface area (Å²) in [5.74, 6) is 0.246. The van der Waals surface area contributed by atoms with Crippen LogP contribution in [0.5, 0.6) is 5.75 Å². The average molecular weight is 344 g/mol. The lowest BCUT2D eigenvalue weighted by Gasteiger charge is -2.35. The Kier molecular flexibility index (Phi) is 4.87. The van der Waals surface area contributed by atoms with Crippen molar-refractivity contribution in [3.05, 3.63) is 47.5 Å². The minimum Gasteiger partial charge on any atom is -0.497 e. The van der Waals surface area contributed by atoms with Crippen LogP contribution >= 0.6 is 0 Å². The van der Waals surface area contributed by atoms with Crippen molar-refractivity contribution in [3.63, 3.8) is 0 Å². The van der Waals surface area contributed by atoms with Gasteiger partial charge < -0.3 is 24.7 Å². The second kappa shape index (κ2) is 7.25. The number of carbonyl (C=O) groups is 2. The molecule has 132 valence electrons. The molecular formula is C17H20N4O4. The number of esters is 1. The van der Waals surface area contributed by atoms with Gasteiger partial charge >= 0.3 is 12.0 Å².